The lowest BCUT2D eigenvalue weighted by molar-refractivity contribution is 0.517. The van der Waals surface area contributed by atoms with E-state index in [1.54, 1.807) is 0 Å². The summed E-state index contributed by atoms with van der Waals surface area (Å²) in [7, 11) is -1.66. The van der Waals surface area contributed by atoms with Gasteiger partial charge in [0.2, 0.25) is 0 Å². The van der Waals surface area contributed by atoms with Crippen LogP contribution in [0.3, 0.4) is 0 Å². The van der Waals surface area contributed by atoms with Crippen LogP contribution in [0.4, 0.5) is 0 Å². The summed E-state index contributed by atoms with van der Waals surface area (Å²) in [6.45, 7) is 0. The molecule has 0 saturated heterocycles. The van der Waals surface area contributed by atoms with E-state index < -0.39 is 8.87 Å². The van der Waals surface area contributed by atoms with Crippen LogP contribution in [-0.4, -0.2) is 19.9 Å². The molecule has 1 fully saturated rings. The van der Waals surface area contributed by atoms with Gasteiger partial charge in [0.05, 0.1) is 0 Å². The lowest BCUT2D eigenvalue weighted by Gasteiger charge is -2.19. The lowest BCUT2D eigenvalue weighted by Crippen LogP contribution is -2.10. The van der Waals surface area contributed by atoms with Crippen LogP contribution in [0.5, 0.6) is 0 Å². The number of hydrogen-bond donors (Lipinski definition) is 0. The SMILES string of the molecule is CS(=O)(=O)SC1CCCCC1. The van der Waals surface area contributed by atoms with Crippen molar-refractivity contribution in [3.8, 4) is 0 Å². The minimum Gasteiger partial charge on any atom is -0.218 e. The third kappa shape index (κ3) is 4.01. The maximum atomic E-state index is 10.9. The van der Waals surface area contributed by atoms with Crippen LogP contribution in [-0.2, 0) is 8.87 Å². The molecular formula is C7H14O2S2. The summed E-state index contributed by atoms with van der Waals surface area (Å²) in [5.41, 5.74) is 0. The van der Waals surface area contributed by atoms with Crippen LogP contribution in [0.1, 0.15) is 32.1 Å². The molecule has 0 aromatic heterocycles. The van der Waals surface area contributed by atoms with Crippen LogP contribution in [0.25, 0.3) is 0 Å². The summed E-state index contributed by atoms with van der Waals surface area (Å²) in [4.78, 5) is 0. The molecule has 1 rings (SSSR count). The molecule has 0 N–H and O–H groups in total. The van der Waals surface area contributed by atoms with Gasteiger partial charge in [0, 0.05) is 11.5 Å². The smallest absolute Gasteiger partial charge is 0.198 e. The van der Waals surface area contributed by atoms with Crippen molar-refractivity contribution < 1.29 is 8.42 Å². The highest BCUT2D eigenvalue weighted by Crippen LogP contribution is 2.30. The van der Waals surface area contributed by atoms with E-state index >= 15 is 0 Å². The maximum absolute atomic E-state index is 10.9. The van der Waals surface area contributed by atoms with E-state index in [0.717, 1.165) is 23.6 Å². The highest BCUT2D eigenvalue weighted by molar-refractivity contribution is 8.72. The highest BCUT2D eigenvalue weighted by atomic mass is 33.1. The molecule has 1 saturated carbocycles. The second-order valence-corrected chi connectivity index (χ2v) is 7.72. The van der Waals surface area contributed by atoms with E-state index in [1.165, 1.54) is 25.5 Å². The molecule has 0 heterocycles. The molecule has 1 aliphatic rings. The molecule has 66 valence electrons. The topological polar surface area (TPSA) is 34.1 Å². The van der Waals surface area contributed by atoms with Gasteiger partial charge in [0.25, 0.3) is 0 Å². The van der Waals surface area contributed by atoms with Gasteiger partial charge in [-0.3, -0.25) is 0 Å². The van der Waals surface area contributed by atoms with Gasteiger partial charge in [-0.25, -0.2) is 8.42 Å². The molecule has 0 amide bonds. The molecule has 0 radical (unpaired) electrons. The summed E-state index contributed by atoms with van der Waals surface area (Å²) >= 11 is 0. The van der Waals surface area contributed by atoms with Crippen molar-refractivity contribution in [2.45, 2.75) is 37.4 Å². The Kier molecular flexibility index (Phi) is 3.25. The molecule has 0 aliphatic heterocycles. The molecule has 0 aromatic rings. The van der Waals surface area contributed by atoms with Crippen molar-refractivity contribution in [1.29, 1.82) is 0 Å². The minimum atomic E-state index is -2.81. The first-order valence-electron chi connectivity index (χ1n) is 3.96. The molecule has 4 heteroatoms. The van der Waals surface area contributed by atoms with Gasteiger partial charge in [0.15, 0.2) is 8.87 Å². The van der Waals surface area contributed by atoms with Gasteiger partial charge in [-0.05, 0) is 23.6 Å². The Balaban J connectivity index is 2.36. The predicted molar refractivity (Wildman–Crippen MR) is 49.3 cm³/mol. The molecule has 0 spiro atoms. The summed E-state index contributed by atoms with van der Waals surface area (Å²) in [5.74, 6) is 0. The molecular weight excluding hydrogens is 180 g/mol. The van der Waals surface area contributed by atoms with E-state index in [2.05, 4.69) is 0 Å². The predicted octanol–water partition coefficient (Wildman–Crippen LogP) is 2.01. The maximum Gasteiger partial charge on any atom is 0.198 e. The van der Waals surface area contributed by atoms with Gasteiger partial charge < -0.3 is 0 Å². The fourth-order valence-electron chi connectivity index (χ4n) is 1.41. The number of hydrogen-bond acceptors (Lipinski definition) is 3. The van der Waals surface area contributed by atoms with Gasteiger partial charge in [-0.2, -0.15) is 0 Å². The fourth-order valence-corrected chi connectivity index (χ4v) is 4.49. The molecule has 0 bridgehead atoms. The zero-order chi connectivity index (χ0) is 8.32. The van der Waals surface area contributed by atoms with Crippen LogP contribution in [0.2, 0.25) is 0 Å². The Morgan fingerprint density at radius 1 is 1.18 bits per heavy atom. The van der Waals surface area contributed by atoms with Gasteiger partial charge in [-0.15, -0.1) is 0 Å². The van der Waals surface area contributed by atoms with E-state index in [0.29, 0.717) is 5.25 Å². The second-order valence-electron chi connectivity index (χ2n) is 3.06. The van der Waals surface area contributed by atoms with Crippen LogP contribution < -0.4 is 0 Å². The van der Waals surface area contributed by atoms with Gasteiger partial charge >= 0.3 is 0 Å². The third-order valence-corrected chi connectivity index (χ3v) is 4.82. The van der Waals surface area contributed by atoms with E-state index in [4.69, 9.17) is 0 Å². The standard InChI is InChI=1S/C7H14O2S2/c1-11(8,9)10-7-5-3-2-4-6-7/h7H,2-6H2,1H3. The van der Waals surface area contributed by atoms with E-state index in [1.807, 2.05) is 0 Å². The molecule has 0 atom stereocenters. The van der Waals surface area contributed by atoms with Crippen molar-refractivity contribution in [3.05, 3.63) is 0 Å². The van der Waals surface area contributed by atoms with Crippen molar-refractivity contribution in [1.82, 2.24) is 0 Å². The average molecular weight is 194 g/mol. The first kappa shape index (κ1) is 9.39. The zero-order valence-corrected chi connectivity index (χ0v) is 8.38. The van der Waals surface area contributed by atoms with Crippen LogP contribution in [0, 0.1) is 0 Å². The van der Waals surface area contributed by atoms with Crippen molar-refractivity contribution in [3.63, 3.8) is 0 Å². The summed E-state index contributed by atoms with van der Waals surface area (Å²) in [5, 5.41) is 0.374. The Morgan fingerprint density at radius 2 is 1.73 bits per heavy atom. The highest BCUT2D eigenvalue weighted by Gasteiger charge is 2.18. The first-order chi connectivity index (χ1) is 5.08. The third-order valence-electron chi connectivity index (χ3n) is 1.86. The Morgan fingerprint density at radius 3 is 2.18 bits per heavy atom. The number of rotatable bonds is 2. The fraction of sp³-hybridized carbons (Fsp3) is 1.00. The van der Waals surface area contributed by atoms with Crippen molar-refractivity contribution in [2.75, 3.05) is 6.26 Å². The van der Waals surface area contributed by atoms with Crippen molar-refractivity contribution in [2.24, 2.45) is 0 Å². The second kappa shape index (κ2) is 3.81. The summed E-state index contributed by atoms with van der Waals surface area (Å²) in [6, 6.07) is 0. The van der Waals surface area contributed by atoms with Crippen LogP contribution >= 0.6 is 10.8 Å². The molecule has 11 heavy (non-hydrogen) atoms. The average Bonchev–Trinajstić information content (AvgIpc) is 1.85. The Hall–Kier alpha value is 0.300. The normalized spacial score (nSPS) is 21.9. The summed E-state index contributed by atoms with van der Waals surface area (Å²) in [6.07, 6.45) is 7.14. The Bertz CT molecular complexity index is 202. The van der Waals surface area contributed by atoms with E-state index in [-0.39, 0.29) is 0 Å². The molecule has 2 nitrogen and oxygen atoms in total. The van der Waals surface area contributed by atoms with Crippen LogP contribution in [0.15, 0.2) is 0 Å². The first-order valence-corrected chi connectivity index (χ1v) is 7.25. The monoisotopic (exact) mass is 194 g/mol. The zero-order valence-electron chi connectivity index (χ0n) is 6.75. The minimum absolute atomic E-state index is 0.374. The van der Waals surface area contributed by atoms with E-state index in [9.17, 15) is 8.42 Å². The van der Waals surface area contributed by atoms with Gasteiger partial charge in [0.1, 0.15) is 0 Å². The molecule has 1 aliphatic carbocycles. The lowest BCUT2D eigenvalue weighted by atomic mass is 10.0. The molecule has 0 unspecified atom stereocenters. The van der Waals surface area contributed by atoms with Gasteiger partial charge in [-0.1, -0.05) is 19.3 Å². The quantitative estimate of drug-likeness (QED) is 0.631. The largest absolute Gasteiger partial charge is 0.218 e. The summed E-state index contributed by atoms with van der Waals surface area (Å²) < 4.78 is 21.7. The molecule has 0 aromatic carbocycles. The Labute approximate surface area is 72.1 Å². The van der Waals surface area contributed by atoms with Crippen molar-refractivity contribution >= 4 is 19.7 Å².